The fourth-order valence-corrected chi connectivity index (χ4v) is 4.94. The van der Waals surface area contributed by atoms with Crippen LogP contribution in [0.5, 0.6) is 0 Å². The van der Waals surface area contributed by atoms with Gasteiger partial charge in [0.15, 0.2) is 22.8 Å². The lowest BCUT2D eigenvalue weighted by atomic mass is 9.56. The Bertz CT molecular complexity index is 1080. The average molecular weight is 414 g/mol. The van der Waals surface area contributed by atoms with Crippen molar-refractivity contribution in [3.8, 4) is 0 Å². The predicted octanol–water partition coefficient (Wildman–Crippen LogP) is 0.303. The van der Waals surface area contributed by atoms with Crippen LogP contribution in [0.25, 0.3) is 0 Å². The first kappa shape index (κ1) is 20.6. The van der Waals surface area contributed by atoms with Crippen molar-refractivity contribution in [1.82, 2.24) is 0 Å². The minimum Gasteiger partial charge on any atom is -0.490 e. The van der Waals surface area contributed by atoms with E-state index in [0.717, 1.165) is 6.92 Å². The molecule has 1 unspecified atom stereocenters. The molecule has 8 nitrogen and oxygen atoms in total. The van der Waals surface area contributed by atoms with Crippen LogP contribution in [0.3, 0.4) is 0 Å². The fourth-order valence-electron chi connectivity index (χ4n) is 4.94. The Hall–Kier alpha value is -2.71. The zero-order valence-corrected chi connectivity index (χ0v) is 17.3. The average Bonchev–Trinajstić information content (AvgIpc) is 2.80. The molecular weight excluding hydrogens is 392 g/mol. The van der Waals surface area contributed by atoms with Crippen molar-refractivity contribution in [3.63, 3.8) is 0 Å². The summed E-state index contributed by atoms with van der Waals surface area (Å²) in [7, 11) is 0. The van der Waals surface area contributed by atoms with Gasteiger partial charge in [-0.05, 0) is 38.0 Å². The molecule has 0 amide bonds. The number of aliphatic hydroxyl groups is 2. The van der Waals surface area contributed by atoms with Crippen molar-refractivity contribution in [2.75, 3.05) is 0 Å². The van der Waals surface area contributed by atoms with Crippen molar-refractivity contribution < 1.29 is 38.9 Å². The number of carbonyl (C=O) groups excluding carboxylic acids is 5. The highest BCUT2D eigenvalue weighted by atomic mass is 16.5. The predicted molar refractivity (Wildman–Crippen MR) is 101 cm³/mol. The maximum Gasteiger partial charge on any atom is 0.206 e. The Morgan fingerprint density at radius 3 is 2.27 bits per heavy atom. The summed E-state index contributed by atoms with van der Waals surface area (Å²) >= 11 is 0. The van der Waals surface area contributed by atoms with E-state index in [0.29, 0.717) is 5.57 Å². The highest BCUT2D eigenvalue weighted by Crippen LogP contribution is 2.58. The number of hydrogen-bond acceptors (Lipinski definition) is 8. The van der Waals surface area contributed by atoms with Gasteiger partial charge >= 0.3 is 0 Å². The summed E-state index contributed by atoms with van der Waals surface area (Å²) in [6.45, 7) is 7.53. The molecule has 4 atom stereocenters. The smallest absolute Gasteiger partial charge is 0.206 e. The number of carbonyl (C=O) groups is 5. The quantitative estimate of drug-likeness (QED) is 0.487. The second-order valence-electron chi connectivity index (χ2n) is 9.11. The zero-order valence-electron chi connectivity index (χ0n) is 17.3. The fraction of sp³-hybridized carbons (Fsp3) is 0.500. The number of rotatable bonds is 2. The second kappa shape index (κ2) is 5.70. The first-order chi connectivity index (χ1) is 13.7. The Kier molecular flexibility index (Phi) is 3.91. The highest BCUT2D eigenvalue weighted by Gasteiger charge is 2.70. The van der Waals surface area contributed by atoms with E-state index in [1.54, 1.807) is 27.7 Å². The van der Waals surface area contributed by atoms with Crippen molar-refractivity contribution in [2.24, 2.45) is 11.3 Å². The van der Waals surface area contributed by atoms with Crippen LogP contribution >= 0.6 is 0 Å². The molecule has 0 radical (unpaired) electrons. The van der Waals surface area contributed by atoms with E-state index in [2.05, 4.69) is 0 Å². The first-order valence-corrected chi connectivity index (χ1v) is 9.67. The Balaban J connectivity index is 2.11. The summed E-state index contributed by atoms with van der Waals surface area (Å²) in [4.78, 5) is 64.4. The third-order valence-corrected chi connectivity index (χ3v) is 7.00. The SMILES string of the molecule is CC(=O)C[C@]1(O)C(=O)C2=C3C(=C4O[C@@H](C)C(C)(C)[C@@]4(O)C2=O)C(C)=CC(=O)C3C1=O. The van der Waals surface area contributed by atoms with E-state index < -0.39 is 69.5 Å². The maximum absolute atomic E-state index is 13.6. The molecule has 0 aromatic heterocycles. The van der Waals surface area contributed by atoms with Gasteiger partial charge < -0.3 is 14.9 Å². The van der Waals surface area contributed by atoms with Crippen LogP contribution in [0.15, 0.2) is 34.1 Å². The number of ether oxygens (including phenoxy) is 1. The lowest BCUT2D eigenvalue weighted by Gasteiger charge is -2.44. The molecule has 1 heterocycles. The summed E-state index contributed by atoms with van der Waals surface area (Å²) < 4.78 is 5.86. The van der Waals surface area contributed by atoms with Gasteiger partial charge in [0.05, 0.1) is 5.57 Å². The van der Waals surface area contributed by atoms with Gasteiger partial charge in [-0.1, -0.05) is 13.8 Å². The molecule has 1 saturated heterocycles. The molecule has 30 heavy (non-hydrogen) atoms. The second-order valence-corrected chi connectivity index (χ2v) is 9.11. The van der Waals surface area contributed by atoms with Crippen LogP contribution in [-0.4, -0.2) is 56.4 Å². The van der Waals surface area contributed by atoms with Crippen molar-refractivity contribution >= 4 is 28.9 Å². The summed E-state index contributed by atoms with van der Waals surface area (Å²) in [5.41, 5.74) is -6.45. The van der Waals surface area contributed by atoms with Crippen LogP contribution in [0, 0.1) is 11.3 Å². The van der Waals surface area contributed by atoms with E-state index in [4.69, 9.17) is 4.74 Å². The molecule has 2 N–H and O–H groups in total. The molecular formula is C22H22O8. The topological polar surface area (TPSA) is 135 Å². The Labute approximate surface area is 172 Å². The van der Waals surface area contributed by atoms with Crippen molar-refractivity contribution in [3.05, 3.63) is 34.1 Å². The number of allylic oxidation sites excluding steroid dienone is 4. The van der Waals surface area contributed by atoms with Crippen molar-refractivity contribution in [1.29, 1.82) is 0 Å². The van der Waals surface area contributed by atoms with Crippen LogP contribution in [0.2, 0.25) is 0 Å². The number of ketones is 5. The number of hydrogen-bond donors (Lipinski definition) is 2. The lowest BCUT2D eigenvalue weighted by Crippen LogP contribution is -2.63. The van der Waals surface area contributed by atoms with Crippen LogP contribution in [0.4, 0.5) is 0 Å². The molecule has 0 saturated carbocycles. The normalized spacial score (nSPS) is 37.1. The van der Waals surface area contributed by atoms with E-state index in [9.17, 15) is 34.2 Å². The van der Waals surface area contributed by atoms with Gasteiger partial charge in [0, 0.05) is 17.4 Å². The van der Waals surface area contributed by atoms with E-state index in [1.807, 2.05) is 0 Å². The van der Waals surface area contributed by atoms with Gasteiger partial charge in [0.2, 0.25) is 11.6 Å². The lowest BCUT2D eigenvalue weighted by molar-refractivity contribution is -0.158. The highest BCUT2D eigenvalue weighted by molar-refractivity contribution is 6.39. The maximum atomic E-state index is 13.6. The molecule has 4 aliphatic rings. The third kappa shape index (κ3) is 2.05. The molecule has 0 aromatic rings. The van der Waals surface area contributed by atoms with Crippen LogP contribution < -0.4 is 0 Å². The summed E-state index contributed by atoms with van der Waals surface area (Å²) in [5, 5.41) is 22.5. The molecule has 4 rings (SSSR count). The van der Waals surface area contributed by atoms with E-state index >= 15 is 0 Å². The molecule has 1 aliphatic heterocycles. The van der Waals surface area contributed by atoms with Crippen LogP contribution in [-0.2, 0) is 28.7 Å². The largest absolute Gasteiger partial charge is 0.490 e. The molecule has 0 aromatic carbocycles. The summed E-state index contributed by atoms with van der Waals surface area (Å²) in [5.74, 6) is -6.50. The van der Waals surface area contributed by atoms with Gasteiger partial charge in [-0.3, -0.25) is 24.0 Å². The van der Waals surface area contributed by atoms with Gasteiger partial charge in [0.1, 0.15) is 23.6 Å². The monoisotopic (exact) mass is 414 g/mol. The standard InChI is InChI=1S/C22H22O8/c1-8-6-11(24)13-14-12(8)19-22(29,20(4,5)10(3)30-19)18(27)15(14)17(26)21(28,16(13)25)7-9(2)23/h6,10,13,28-29H,7H2,1-5H3/t10-,13?,21+,22+/m0/s1. The minimum absolute atomic E-state index is 0.0902. The summed E-state index contributed by atoms with van der Waals surface area (Å²) in [6.07, 6.45) is -0.311. The molecule has 3 aliphatic carbocycles. The zero-order chi connectivity index (χ0) is 22.5. The van der Waals surface area contributed by atoms with E-state index in [1.165, 1.54) is 6.08 Å². The van der Waals surface area contributed by atoms with Gasteiger partial charge in [-0.15, -0.1) is 0 Å². The van der Waals surface area contributed by atoms with Gasteiger partial charge in [-0.2, -0.15) is 0 Å². The molecule has 1 fully saturated rings. The molecule has 0 bridgehead atoms. The molecule has 0 spiro atoms. The summed E-state index contributed by atoms with van der Waals surface area (Å²) in [6, 6.07) is 0. The first-order valence-electron chi connectivity index (χ1n) is 9.67. The minimum atomic E-state index is -2.84. The van der Waals surface area contributed by atoms with Gasteiger partial charge in [0.25, 0.3) is 0 Å². The Morgan fingerprint density at radius 2 is 1.70 bits per heavy atom. The third-order valence-electron chi connectivity index (χ3n) is 7.00. The molecule has 158 valence electrons. The number of fused-ring (bicyclic) bond motifs is 1. The van der Waals surface area contributed by atoms with Crippen molar-refractivity contribution in [2.45, 2.75) is 58.3 Å². The Morgan fingerprint density at radius 1 is 1.10 bits per heavy atom. The van der Waals surface area contributed by atoms with E-state index in [-0.39, 0.29) is 16.9 Å². The molecule has 8 heteroatoms. The number of Topliss-reactive ketones (excluding diaryl/α,β-unsaturated/α-hetero) is 4. The van der Waals surface area contributed by atoms with Crippen LogP contribution in [0.1, 0.15) is 41.0 Å². The van der Waals surface area contributed by atoms with Gasteiger partial charge in [-0.25, -0.2) is 0 Å².